The minimum absolute atomic E-state index is 0.0563. The SMILES string of the molecule is CC(N=Cc1ccccc1N)C(C)N=Cc1ccccc1N. The average Bonchev–Trinajstić information content (AvgIpc) is 2.52. The van der Waals surface area contributed by atoms with E-state index < -0.39 is 0 Å². The molecule has 4 nitrogen and oxygen atoms in total. The normalized spacial score (nSPS) is 14.5. The summed E-state index contributed by atoms with van der Waals surface area (Å²) in [6.45, 7) is 4.07. The van der Waals surface area contributed by atoms with Crippen LogP contribution in [-0.4, -0.2) is 24.5 Å². The second-order valence-corrected chi connectivity index (χ2v) is 5.30. The summed E-state index contributed by atoms with van der Waals surface area (Å²) in [6.07, 6.45) is 3.62. The van der Waals surface area contributed by atoms with Crippen LogP contribution in [0.1, 0.15) is 25.0 Å². The van der Waals surface area contributed by atoms with Crippen LogP contribution in [0, 0.1) is 0 Å². The third kappa shape index (κ3) is 4.19. The van der Waals surface area contributed by atoms with Crippen LogP contribution in [-0.2, 0) is 0 Å². The molecule has 0 aliphatic rings. The molecule has 0 aliphatic heterocycles. The maximum Gasteiger partial charge on any atom is 0.0692 e. The van der Waals surface area contributed by atoms with Gasteiger partial charge in [-0.1, -0.05) is 36.4 Å². The Morgan fingerprint density at radius 1 is 0.727 bits per heavy atom. The lowest BCUT2D eigenvalue weighted by Crippen LogP contribution is -2.16. The summed E-state index contributed by atoms with van der Waals surface area (Å²) in [5.74, 6) is 0. The summed E-state index contributed by atoms with van der Waals surface area (Å²) in [4.78, 5) is 9.08. The molecule has 0 fully saturated rings. The lowest BCUT2D eigenvalue weighted by Gasteiger charge is -2.11. The molecule has 0 spiro atoms. The molecule has 4 heteroatoms. The van der Waals surface area contributed by atoms with Crippen LogP contribution in [0.2, 0.25) is 0 Å². The molecule has 0 heterocycles. The first-order chi connectivity index (χ1) is 10.6. The van der Waals surface area contributed by atoms with Gasteiger partial charge in [-0.15, -0.1) is 0 Å². The molecule has 2 atom stereocenters. The Morgan fingerprint density at radius 3 is 1.45 bits per heavy atom. The number of para-hydroxylation sites is 2. The molecule has 4 N–H and O–H groups in total. The molecule has 22 heavy (non-hydrogen) atoms. The average molecular weight is 294 g/mol. The fourth-order valence-electron chi connectivity index (χ4n) is 1.90. The van der Waals surface area contributed by atoms with Gasteiger partial charge in [0.2, 0.25) is 0 Å². The summed E-state index contributed by atoms with van der Waals surface area (Å²) >= 11 is 0. The first-order valence-electron chi connectivity index (χ1n) is 7.33. The molecule has 2 aromatic carbocycles. The predicted molar refractivity (Wildman–Crippen MR) is 95.8 cm³/mol. The molecule has 0 radical (unpaired) electrons. The molecular weight excluding hydrogens is 272 g/mol. The number of anilines is 2. The van der Waals surface area contributed by atoms with Gasteiger partial charge in [0.15, 0.2) is 0 Å². The fraction of sp³-hybridized carbons (Fsp3) is 0.222. The molecular formula is C18H22N4. The van der Waals surface area contributed by atoms with E-state index in [9.17, 15) is 0 Å². The van der Waals surface area contributed by atoms with Crippen molar-refractivity contribution >= 4 is 23.8 Å². The van der Waals surface area contributed by atoms with Crippen molar-refractivity contribution in [3.8, 4) is 0 Å². The number of nitrogens with two attached hydrogens (primary N) is 2. The Labute approximate surface area is 131 Å². The molecule has 0 aromatic heterocycles. The highest BCUT2D eigenvalue weighted by molar-refractivity contribution is 5.87. The first-order valence-corrected chi connectivity index (χ1v) is 7.33. The predicted octanol–water partition coefficient (Wildman–Crippen LogP) is 3.17. The van der Waals surface area contributed by atoms with Gasteiger partial charge in [0, 0.05) is 34.9 Å². The largest absolute Gasteiger partial charge is 0.398 e. The lowest BCUT2D eigenvalue weighted by molar-refractivity contribution is 0.612. The van der Waals surface area contributed by atoms with Crippen LogP contribution in [0.15, 0.2) is 58.5 Å². The Morgan fingerprint density at radius 2 is 1.09 bits per heavy atom. The van der Waals surface area contributed by atoms with Gasteiger partial charge in [0.25, 0.3) is 0 Å². The second-order valence-electron chi connectivity index (χ2n) is 5.30. The zero-order chi connectivity index (χ0) is 15.9. The third-order valence-electron chi connectivity index (χ3n) is 3.59. The second kappa shape index (κ2) is 7.41. The summed E-state index contributed by atoms with van der Waals surface area (Å²) in [7, 11) is 0. The van der Waals surface area contributed by atoms with E-state index in [-0.39, 0.29) is 12.1 Å². The molecule has 2 rings (SSSR count). The summed E-state index contributed by atoms with van der Waals surface area (Å²) < 4.78 is 0. The Kier molecular flexibility index (Phi) is 5.31. The highest BCUT2D eigenvalue weighted by atomic mass is 14.9. The van der Waals surface area contributed by atoms with E-state index in [0.717, 1.165) is 22.5 Å². The van der Waals surface area contributed by atoms with Crippen molar-refractivity contribution in [2.75, 3.05) is 11.5 Å². The monoisotopic (exact) mass is 294 g/mol. The van der Waals surface area contributed by atoms with E-state index in [1.54, 1.807) is 0 Å². The number of nitrogen functional groups attached to an aromatic ring is 2. The maximum atomic E-state index is 5.90. The van der Waals surface area contributed by atoms with Gasteiger partial charge >= 0.3 is 0 Å². The van der Waals surface area contributed by atoms with Gasteiger partial charge < -0.3 is 11.5 Å². The topological polar surface area (TPSA) is 76.8 Å². The third-order valence-corrected chi connectivity index (χ3v) is 3.59. The van der Waals surface area contributed by atoms with Crippen LogP contribution in [0.3, 0.4) is 0 Å². The van der Waals surface area contributed by atoms with E-state index >= 15 is 0 Å². The van der Waals surface area contributed by atoms with E-state index in [1.807, 2.05) is 74.8 Å². The highest BCUT2D eigenvalue weighted by Gasteiger charge is 2.08. The number of nitrogens with zero attached hydrogens (tertiary/aromatic N) is 2. The van der Waals surface area contributed by atoms with Gasteiger partial charge in [-0.25, -0.2) is 0 Å². The molecule has 0 saturated heterocycles. The number of benzene rings is 2. The number of aliphatic imine (C=N–C) groups is 2. The molecule has 0 bridgehead atoms. The first kappa shape index (κ1) is 15.8. The van der Waals surface area contributed by atoms with Gasteiger partial charge in [-0.05, 0) is 26.0 Å². The highest BCUT2D eigenvalue weighted by Crippen LogP contribution is 2.11. The molecule has 114 valence electrons. The Hall–Kier alpha value is -2.62. The van der Waals surface area contributed by atoms with Crippen molar-refractivity contribution in [3.63, 3.8) is 0 Å². The Bertz CT molecular complexity index is 617. The number of hydrogen-bond acceptors (Lipinski definition) is 4. The van der Waals surface area contributed by atoms with Crippen molar-refractivity contribution in [1.82, 2.24) is 0 Å². The Balaban J connectivity index is 2.02. The van der Waals surface area contributed by atoms with E-state index in [1.165, 1.54) is 0 Å². The zero-order valence-corrected chi connectivity index (χ0v) is 13.0. The van der Waals surface area contributed by atoms with Crippen molar-refractivity contribution in [2.24, 2.45) is 9.98 Å². The zero-order valence-electron chi connectivity index (χ0n) is 13.0. The summed E-state index contributed by atoms with van der Waals surface area (Å²) in [5.41, 5.74) is 15.1. The van der Waals surface area contributed by atoms with Crippen LogP contribution in [0.4, 0.5) is 11.4 Å². The van der Waals surface area contributed by atoms with Crippen molar-refractivity contribution in [1.29, 1.82) is 0 Å². The molecule has 0 saturated carbocycles. The molecule has 2 unspecified atom stereocenters. The number of hydrogen-bond donors (Lipinski definition) is 2. The van der Waals surface area contributed by atoms with Gasteiger partial charge in [0.05, 0.1) is 12.1 Å². The van der Waals surface area contributed by atoms with E-state index in [4.69, 9.17) is 11.5 Å². The van der Waals surface area contributed by atoms with Gasteiger partial charge in [0.1, 0.15) is 0 Å². The van der Waals surface area contributed by atoms with Crippen molar-refractivity contribution < 1.29 is 0 Å². The molecule has 0 aliphatic carbocycles. The van der Waals surface area contributed by atoms with Crippen LogP contribution in [0.25, 0.3) is 0 Å². The standard InChI is InChI=1S/C18H22N4/c1-13(21-11-15-7-3-5-9-17(15)19)14(2)22-12-16-8-4-6-10-18(16)20/h3-14H,19-20H2,1-2H3. The van der Waals surface area contributed by atoms with E-state index in [0.29, 0.717) is 0 Å². The van der Waals surface area contributed by atoms with Gasteiger partial charge in [-0.3, -0.25) is 9.98 Å². The minimum Gasteiger partial charge on any atom is -0.398 e. The lowest BCUT2D eigenvalue weighted by atomic mass is 10.1. The van der Waals surface area contributed by atoms with Crippen molar-refractivity contribution in [2.45, 2.75) is 25.9 Å². The minimum atomic E-state index is 0.0563. The van der Waals surface area contributed by atoms with Crippen molar-refractivity contribution in [3.05, 3.63) is 59.7 Å². The molecule has 0 amide bonds. The smallest absolute Gasteiger partial charge is 0.0692 e. The summed E-state index contributed by atoms with van der Waals surface area (Å²) in [5, 5.41) is 0. The maximum absolute atomic E-state index is 5.90. The van der Waals surface area contributed by atoms with Crippen LogP contribution in [0.5, 0.6) is 0 Å². The quantitative estimate of drug-likeness (QED) is 0.656. The van der Waals surface area contributed by atoms with Crippen LogP contribution >= 0.6 is 0 Å². The summed E-state index contributed by atoms with van der Waals surface area (Å²) in [6, 6.07) is 15.5. The van der Waals surface area contributed by atoms with Gasteiger partial charge in [-0.2, -0.15) is 0 Å². The molecule has 2 aromatic rings. The van der Waals surface area contributed by atoms with E-state index in [2.05, 4.69) is 9.98 Å². The number of rotatable bonds is 5. The van der Waals surface area contributed by atoms with Crippen LogP contribution < -0.4 is 11.5 Å². The fourth-order valence-corrected chi connectivity index (χ4v) is 1.90.